The lowest BCUT2D eigenvalue weighted by atomic mass is 10.0. The average molecular weight is 374 g/mol. The quantitative estimate of drug-likeness (QED) is 0.480. The second-order valence-electron chi connectivity index (χ2n) is 6.01. The molecule has 1 aromatic heterocycles. The molecule has 0 saturated carbocycles. The molecule has 0 fully saturated rings. The first-order chi connectivity index (χ1) is 12.3. The van der Waals surface area contributed by atoms with Gasteiger partial charge < -0.3 is 19.9 Å². The predicted molar refractivity (Wildman–Crippen MR) is 99.1 cm³/mol. The van der Waals surface area contributed by atoms with Gasteiger partial charge in [-0.2, -0.15) is 0 Å². The van der Waals surface area contributed by atoms with Crippen molar-refractivity contribution < 1.29 is 19.4 Å². The minimum absolute atomic E-state index is 0.113. The summed E-state index contributed by atoms with van der Waals surface area (Å²) >= 11 is 6.10. The summed E-state index contributed by atoms with van der Waals surface area (Å²) < 4.78 is 5.10. The number of phenols is 2. The summed E-state index contributed by atoms with van der Waals surface area (Å²) in [4.78, 5) is 24.6. The highest BCUT2D eigenvalue weighted by atomic mass is 35.5. The standard InChI is InChI=1S/C19H16ClNO5/c1-9-3-5-14(13(20)7-9)21-16(23)8-12-10(2)11-4-6-15(22)17(24)18(11)26-19(12)25/h3-7,22,24H,8H2,1-2H3,(H,21,23). The average Bonchev–Trinajstić information content (AvgIpc) is 2.58. The normalized spacial score (nSPS) is 10.9. The third kappa shape index (κ3) is 3.23. The number of carbonyl (C=O) groups is 1. The van der Waals surface area contributed by atoms with Crippen LogP contribution in [-0.2, 0) is 11.2 Å². The van der Waals surface area contributed by atoms with Gasteiger partial charge in [0.05, 0.1) is 22.7 Å². The van der Waals surface area contributed by atoms with E-state index >= 15 is 0 Å². The van der Waals surface area contributed by atoms with Crippen molar-refractivity contribution in [2.75, 3.05) is 5.32 Å². The van der Waals surface area contributed by atoms with Crippen LogP contribution in [0.3, 0.4) is 0 Å². The largest absolute Gasteiger partial charge is 0.504 e. The fourth-order valence-electron chi connectivity index (χ4n) is 2.71. The zero-order valence-electron chi connectivity index (χ0n) is 14.1. The van der Waals surface area contributed by atoms with E-state index in [9.17, 15) is 19.8 Å². The summed E-state index contributed by atoms with van der Waals surface area (Å²) in [7, 11) is 0. The molecule has 1 amide bonds. The van der Waals surface area contributed by atoms with Crippen LogP contribution in [-0.4, -0.2) is 16.1 Å². The van der Waals surface area contributed by atoms with Crippen molar-refractivity contribution in [2.45, 2.75) is 20.3 Å². The third-order valence-corrected chi connectivity index (χ3v) is 4.46. The van der Waals surface area contributed by atoms with E-state index in [2.05, 4.69) is 5.32 Å². The molecule has 3 rings (SSSR count). The van der Waals surface area contributed by atoms with Crippen LogP contribution >= 0.6 is 11.6 Å². The van der Waals surface area contributed by atoms with E-state index in [4.69, 9.17) is 16.0 Å². The molecule has 2 aromatic carbocycles. The smallest absolute Gasteiger partial charge is 0.340 e. The van der Waals surface area contributed by atoms with Crippen molar-refractivity contribution >= 4 is 34.2 Å². The first kappa shape index (κ1) is 17.8. The van der Waals surface area contributed by atoms with Crippen molar-refractivity contribution in [1.29, 1.82) is 0 Å². The minimum Gasteiger partial charge on any atom is -0.504 e. The maximum absolute atomic E-state index is 12.3. The maximum atomic E-state index is 12.3. The second kappa shape index (κ2) is 6.72. The van der Waals surface area contributed by atoms with Crippen LogP contribution in [0.5, 0.6) is 11.5 Å². The maximum Gasteiger partial charge on any atom is 0.340 e. The number of nitrogens with one attached hydrogen (secondary N) is 1. The van der Waals surface area contributed by atoms with E-state index in [1.807, 2.05) is 13.0 Å². The molecule has 3 N–H and O–H groups in total. The lowest BCUT2D eigenvalue weighted by molar-refractivity contribution is -0.115. The number of phenolic OH excluding ortho intramolecular Hbond substituents is 2. The van der Waals surface area contributed by atoms with Gasteiger partial charge in [-0.3, -0.25) is 4.79 Å². The van der Waals surface area contributed by atoms with Crippen molar-refractivity contribution in [3.63, 3.8) is 0 Å². The van der Waals surface area contributed by atoms with Crippen LogP contribution in [0.1, 0.15) is 16.7 Å². The van der Waals surface area contributed by atoms with Crippen LogP contribution in [0, 0.1) is 13.8 Å². The van der Waals surface area contributed by atoms with Gasteiger partial charge >= 0.3 is 5.63 Å². The van der Waals surface area contributed by atoms with Crippen molar-refractivity contribution in [3.05, 3.63) is 62.5 Å². The molecule has 0 unspecified atom stereocenters. The van der Waals surface area contributed by atoms with Gasteiger partial charge in [-0.15, -0.1) is 0 Å². The van der Waals surface area contributed by atoms with Crippen LogP contribution in [0.4, 0.5) is 5.69 Å². The van der Waals surface area contributed by atoms with E-state index < -0.39 is 17.3 Å². The van der Waals surface area contributed by atoms with Crippen LogP contribution in [0.2, 0.25) is 5.02 Å². The first-order valence-corrected chi connectivity index (χ1v) is 8.19. The van der Waals surface area contributed by atoms with Crippen LogP contribution in [0.25, 0.3) is 11.0 Å². The van der Waals surface area contributed by atoms with Crippen molar-refractivity contribution in [2.24, 2.45) is 0 Å². The molecule has 0 atom stereocenters. The van der Waals surface area contributed by atoms with E-state index in [-0.39, 0.29) is 23.3 Å². The molecule has 134 valence electrons. The summed E-state index contributed by atoms with van der Waals surface area (Å²) in [5.41, 5.74) is 1.22. The predicted octanol–water partition coefficient (Wildman–Crippen LogP) is 3.66. The lowest BCUT2D eigenvalue weighted by Crippen LogP contribution is -2.20. The van der Waals surface area contributed by atoms with Gasteiger partial charge in [0.15, 0.2) is 11.3 Å². The zero-order chi connectivity index (χ0) is 19.0. The molecule has 0 aliphatic heterocycles. The van der Waals surface area contributed by atoms with Crippen molar-refractivity contribution in [1.82, 2.24) is 0 Å². The molecule has 6 nitrogen and oxygen atoms in total. The molecule has 0 aliphatic carbocycles. The van der Waals surface area contributed by atoms with E-state index in [1.165, 1.54) is 12.1 Å². The Labute approximate surface area is 153 Å². The molecule has 0 aliphatic rings. The molecular formula is C19H16ClNO5. The number of aromatic hydroxyl groups is 2. The second-order valence-corrected chi connectivity index (χ2v) is 6.42. The molecule has 26 heavy (non-hydrogen) atoms. The van der Waals surface area contributed by atoms with Gasteiger partial charge in [0.2, 0.25) is 11.7 Å². The number of hydrogen-bond acceptors (Lipinski definition) is 5. The molecule has 3 aromatic rings. The SMILES string of the molecule is Cc1ccc(NC(=O)Cc2c(C)c3ccc(O)c(O)c3oc2=O)c(Cl)c1. The topological polar surface area (TPSA) is 99.8 Å². The molecule has 0 radical (unpaired) electrons. The highest BCUT2D eigenvalue weighted by molar-refractivity contribution is 6.33. The number of fused-ring (bicyclic) bond motifs is 1. The van der Waals surface area contributed by atoms with Gasteiger partial charge in [0.25, 0.3) is 0 Å². The Balaban J connectivity index is 1.94. The number of hydrogen-bond donors (Lipinski definition) is 3. The van der Waals surface area contributed by atoms with Crippen LogP contribution in [0.15, 0.2) is 39.5 Å². The Morgan fingerprint density at radius 1 is 1.19 bits per heavy atom. The first-order valence-electron chi connectivity index (χ1n) is 7.81. The molecule has 0 saturated heterocycles. The minimum atomic E-state index is -0.749. The number of aryl methyl sites for hydroxylation is 2. The van der Waals surface area contributed by atoms with E-state index in [0.717, 1.165) is 5.56 Å². The van der Waals surface area contributed by atoms with Crippen LogP contribution < -0.4 is 10.9 Å². The Hall–Kier alpha value is -2.99. The van der Waals surface area contributed by atoms with Gasteiger partial charge in [-0.05, 0) is 49.2 Å². The highest BCUT2D eigenvalue weighted by Gasteiger charge is 2.18. The Morgan fingerprint density at radius 3 is 2.62 bits per heavy atom. The number of rotatable bonds is 3. The fraction of sp³-hybridized carbons (Fsp3) is 0.158. The highest BCUT2D eigenvalue weighted by Crippen LogP contribution is 2.34. The third-order valence-electron chi connectivity index (χ3n) is 4.14. The van der Waals surface area contributed by atoms with Crippen molar-refractivity contribution in [3.8, 4) is 11.5 Å². The summed E-state index contributed by atoms with van der Waals surface area (Å²) in [6.07, 6.45) is -0.212. The Morgan fingerprint density at radius 2 is 1.92 bits per heavy atom. The summed E-state index contributed by atoms with van der Waals surface area (Å²) in [6.45, 7) is 3.53. The molecule has 7 heteroatoms. The number of amides is 1. The van der Waals surface area contributed by atoms with Gasteiger partial charge in [-0.1, -0.05) is 17.7 Å². The Kier molecular flexibility index (Phi) is 4.61. The number of benzene rings is 2. The molecule has 1 heterocycles. The van der Waals surface area contributed by atoms with E-state index in [0.29, 0.717) is 21.7 Å². The molecule has 0 bridgehead atoms. The van der Waals surface area contributed by atoms with Gasteiger partial charge in [0.1, 0.15) is 0 Å². The zero-order valence-corrected chi connectivity index (χ0v) is 14.8. The summed E-state index contributed by atoms with van der Waals surface area (Å²) in [5.74, 6) is -1.32. The molecule has 0 spiro atoms. The van der Waals surface area contributed by atoms with Gasteiger partial charge in [-0.25, -0.2) is 4.79 Å². The number of carbonyl (C=O) groups excluding carboxylic acids is 1. The fourth-order valence-corrected chi connectivity index (χ4v) is 2.99. The number of halogens is 1. The van der Waals surface area contributed by atoms with Gasteiger partial charge in [0, 0.05) is 5.39 Å². The Bertz CT molecular complexity index is 1090. The summed E-state index contributed by atoms with van der Waals surface area (Å²) in [6, 6.07) is 8.03. The number of anilines is 1. The monoisotopic (exact) mass is 373 g/mol. The molecular weight excluding hydrogens is 358 g/mol. The summed E-state index contributed by atoms with van der Waals surface area (Å²) in [5, 5.41) is 22.9. The lowest BCUT2D eigenvalue weighted by Gasteiger charge is -2.11. The van der Waals surface area contributed by atoms with E-state index in [1.54, 1.807) is 19.1 Å².